The van der Waals surface area contributed by atoms with Gasteiger partial charge in [-0.1, -0.05) is 18.2 Å². The Morgan fingerprint density at radius 3 is 2.71 bits per heavy atom. The molecule has 0 radical (unpaired) electrons. The van der Waals surface area contributed by atoms with E-state index in [1.54, 1.807) is 20.1 Å². The number of urea groups is 1. The van der Waals surface area contributed by atoms with Crippen molar-refractivity contribution in [3.8, 4) is 0 Å². The van der Waals surface area contributed by atoms with Crippen LogP contribution in [-0.2, 0) is 14.8 Å². The molecule has 1 aliphatic rings. The summed E-state index contributed by atoms with van der Waals surface area (Å²) in [6.45, 7) is 4.21. The fourth-order valence-electron chi connectivity index (χ4n) is 3.82. The Morgan fingerprint density at radius 1 is 1.23 bits per heavy atom. The largest absolute Gasteiger partial charge is 0.385 e. The van der Waals surface area contributed by atoms with Gasteiger partial charge in [-0.15, -0.1) is 0 Å². The number of carbonyl (C=O) groups is 1. The summed E-state index contributed by atoms with van der Waals surface area (Å²) in [5, 5.41) is 5.77. The number of carbonyl (C=O) groups excluding carboxylic acids is 1. The predicted molar refractivity (Wildman–Crippen MR) is 117 cm³/mol. The second-order valence-electron chi connectivity index (χ2n) is 7.97. The van der Waals surface area contributed by atoms with E-state index >= 15 is 0 Å². The molecule has 0 aliphatic carbocycles. The summed E-state index contributed by atoms with van der Waals surface area (Å²) in [5.41, 5.74) is 1.34. The Bertz CT molecular complexity index is 1060. The lowest BCUT2D eigenvalue weighted by Crippen LogP contribution is -2.53. The minimum Gasteiger partial charge on any atom is -0.385 e. The molecule has 3 rings (SSSR count). The van der Waals surface area contributed by atoms with Crippen LogP contribution in [0.1, 0.15) is 24.0 Å². The molecule has 0 saturated carbocycles. The minimum atomic E-state index is -3.91. The molecule has 31 heavy (non-hydrogen) atoms. The van der Waals surface area contributed by atoms with Crippen molar-refractivity contribution in [3.05, 3.63) is 59.4 Å². The fraction of sp³-hybridized carbons (Fsp3) is 0.409. The van der Waals surface area contributed by atoms with Gasteiger partial charge in [0.25, 0.3) is 0 Å². The molecule has 2 aromatic rings. The lowest BCUT2D eigenvalue weighted by molar-refractivity contribution is 0.159. The van der Waals surface area contributed by atoms with Crippen LogP contribution in [0.2, 0.25) is 0 Å². The highest BCUT2D eigenvalue weighted by Crippen LogP contribution is 2.31. The number of anilines is 1. The van der Waals surface area contributed by atoms with Gasteiger partial charge in [-0.2, -0.15) is 4.31 Å². The number of hydrogen-bond donors (Lipinski definition) is 2. The summed E-state index contributed by atoms with van der Waals surface area (Å²) in [6, 6.07) is 10.7. The van der Waals surface area contributed by atoms with Crippen molar-refractivity contribution in [2.24, 2.45) is 0 Å². The third-order valence-corrected chi connectivity index (χ3v) is 7.51. The number of methoxy groups -OCH3 is 1. The molecule has 0 spiro atoms. The molecule has 2 amide bonds. The second kappa shape index (κ2) is 9.33. The van der Waals surface area contributed by atoms with Gasteiger partial charge in [0, 0.05) is 32.5 Å². The summed E-state index contributed by atoms with van der Waals surface area (Å²) < 4.78 is 46.6. The Labute approximate surface area is 182 Å². The maximum absolute atomic E-state index is 13.7. The predicted octanol–water partition coefficient (Wildman–Crippen LogP) is 3.43. The number of amides is 2. The smallest absolute Gasteiger partial charge is 0.319 e. The van der Waals surface area contributed by atoms with Crippen LogP contribution in [0.15, 0.2) is 47.4 Å². The van der Waals surface area contributed by atoms with Crippen molar-refractivity contribution in [2.45, 2.75) is 37.1 Å². The molecule has 2 aromatic carbocycles. The second-order valence-corrected chi connectivity index (χ2v) is 9.88. The first-order valence-electron chi connectivity index (χ1n) is 10.1. The Hall–Kier alpha value is -2.49. The van der Waals surface area contributed by atoms with Crippen molar-refractivity contribution in [3.63, 3.8) is 0 Å². The van der Waals surface area contributed by atoms with Gasteiger partial charge in [0.05, 0.1) is 10.4 Å². The first-order valence-corrected chi connectivity index (χ1v) is 11.5. The quantitative estimate of drug-likeness (QED) is 0.678. The van der Waals surface area contributed by atoms with Gasteiger partial charge in [-0.3, -0.25) is 0 Å². The molecule has 7 nitrogen and oxygen atoms in total. The van der Waals surface area contributed by atoms with Crippen LogP contribution in [0, 0.1) is 19.7 Å². The lowest BCUT2D eigenvalue weighted by Gasteiger charge is -2.30. The number of nitrogens with zero attached hydrogens (tertiary/aromatic N) is 1. The number of hydrogen-bond acceptors (Lipinski definition) is 4. The summed E-state index contributed by atoms with van der Waals surface area (Å²) in [5.74, 6) is -0.607. The molecule has 0 aromatic heterocycles. The van der Waals surface area contributed by atoms with E-state index in [4.69, 9.17) is 4.74 Å². The van der Waals surface area contributed by atoms with E-state index in [9.17, 15) is 17.6 Å². The van der Waals surface area contributed by atoms with E-state index < -0.39 is 27.4 Å². The SMILES string of the molecule is COCCC1(NC(=O)Nc2cccc(C)c2)CCN(S(=O)(=O)c2cc(F)ccc2C)C1. The van der Waals surface area contributed by atoms with Crippen molar-refractivity contribution in [1.82, 2.24) is 9.62 Å². The summed E-state index contributed by atoms with van der Waals surface area (Å²) in [7, 11) is -2.35. The molecule has 1 atom stereocenters. The maximum atomic E-state index is 13.7. The number of aryl methyl sites for hydroxylation is 2. The number of nitrogens with one attached hydrogen (secondary N) is 2. The molecular formula is C22H28FN3O4S. The Morgan fingerprint density at radius 2 is 2.00 bits per heavy atom. The molecule has 168 valence electrons. The fourth-order valence-corrected chi connectivity index (χ4v) is 5.59. The van der Waals surface area contributed by atoms with Crippen LogP contribution >= 0.6 is 0 Å². The topological polar surface area (TPSA) is 87.7 Å². The van der Waals surface area contributed by atoms with Gasteiger partial charge >= 0.3 is 6.03 Å². The van der Waals surface area contributed by atoms with E-state index in [1.165, 1.54) is 16.4 Å². The first kappa shape index (κ1) is 23.2. The van der Waals surface area contributed by atoms with Crippen LogP contribution in [0.25, 0.3) is 0 Å². The van der Waals surface area contributed by atoms with Crippen LogP contribution < -0.4 is 10.6 Å². The van der Waals surface area contributed by atoms with Crippen LogP contribution in [0.3, 0.4) is 0 Å². The van der Waals surface area contributed by atoms with Gasteiger partial charge in [-0.25, -0.2) is 17.6 Å². The number of sulfonamides is 1. The number of benzene rings is 2. The maximum Gasteiger partial charge on any atom is 0.319 e. The molecule has 1 unspecified atom stereocenters. The normalized spacial score (nSPS) is 19.4. The van der Waals surface area contributed by atoms with E-state index in [1.807, 2.05) is 25.1 Å². The average molecular weight is 450 g/mol. The van der Waals surface area contributed by atoms with Crippen molar-refractivity contribution < 1.29 is 22.3 Å². The molecule has 0 bridgehead atoms. The van der Waals surface area contributed by atoms with E-state index in [-0.39, 0.29) is 18.0 Å². The number of ether oxygens (including phenoxy) is 1. The number of halogens is 1. The molecular weight excluding hydrogens is 421 g/mol. The van der Waals surface area contributed by atoms with Gasteiger partial charge in [-0.05, 0) is 62.1 Å². The zero-order chi connectivity index (χ0) is 22.6. The minimum absolute atomic E-state index is 0.0562. The van der Waals surface area contributed by atoms with Crippen molar-refractivity contribution >= 4 is 21.7 Å². The summed E-state index contributed by atoms with van der Waals surface area (Å²) in [4.78, 5) is 12.6. The molecule has 1 aliphatic heterocycles. The van der Waals surface area contributed by atoms with Crippen LogP contribution in [-0.4, -0.2) is 51.1 Å². The molecule has 1 fully saturated rings. The van der Waals surface area contributed by atoms with E-state index in [2.05, 4.69) is 10.6 Å². The first-order chi connectivity index (χ1) is 14.6. The molecule has 1 saturated heterocycles. The average Bonchev–Trinajstić information content (AvgIpc) is 3.13. The summed E-state index contributed by atoms with van der Waals surface area (Å²) >= 11 is 0. The highest BCUT2D eigenvalue weighted by atomic mass is 32.2. The van der Waals surface area contributed by atoms with Crippen LogP contribution in [0.4, 0.5) is 14.9 Å². The van der Waals surface area contributed by atoms with Crippen LogP contribution in [0.5, 0.6) is 0 Å². The van der Waals surface area contributed by atoms with E-state index in [0.29, 0.717) is 30.7 Å². The van der Waals surface area contributed by atoms with E-state index in [0.717, 1.165) is 11.6 Å². The third-order valence-electron chi connectivity index (χ3n) is 5.53. The van der Waals surface area contributed by atoms with Gasteiger partial charge < -0.3 is 15.4 Å². The van der Waals surface area contributed by atoms with Gasteiger partial charge in [0.15, 0.2) is 0 Å². The monoisotopic (exact) mass is 449 g/mol. The van der Waals surface area contributed by atoms with Gasteiger partial charge in [0.1, 0.15) is 5.82 Å². The zero-order valence-electron chi connectivity index (χ0n) is 17.9. The highest BCUT2D eigenvalue weighted by Gasteiger charge is 2.44. The van der Waals surface area contributed by atoms with Gasteiger partial charge in [0.2, 0.25) is 10.0 Å². The molecule has 1 heterocycles. The molecule has 9 heteroatoms. The van der Waals surface area contributed by atoms with Crippen molar-refractivity contribution in [2.75, 3.05) is 32.1 Å². The lowest BCUT2D eigenvalue weighted by atomic mass is 9.95. The highest BCUT2D eigenvalue weighted by molar-refractivity contribution is 7.89. The standard InChI is InChI=1S/C22H28FN3O4S/c1-16-5-4-6-19(13-16)24-21(27)25-22(10-12-30-3)9-11-26(15-22)31(28,29)20-14-18(23)8-7-17(20)2/h4-8,13-14H,9-12,15H2,1-3H3,(H2,24,25,27). The Balaban J connectivity index is 1.79. The zero-order valence-corrected chi connectivity index (χ0v) is 18.8. The molecule has 2 N–H and O–H groups in total. The third kappa shape index (κ3) is 5.41. The summed E-state index contributed by atoms with van der Waals surface area (Å²) in [6.07, 6.45) is 0.865. The van der Waals surface area contributed by atoms with Crippen molar-refractivity contribution in [1.29, 1.82) is 0 Å². The number of rotatable bonds is 7. The Kier molecular flexibility index (Phi) is 6.98.